The van der Waals surface area contributed by atoms with Crippen LogP contribution in [0.2, 0.25) is 0 Å². The Morgan fingerprint density at radius 2 is 2.13 bits per heavy atom. The first kappa shape index (κ1) is 11.6. The van der Waals surface area contributed by atoms with Crippen molar-refractivity contribution in [1.82, 2.24) is 0 Å². The summed E-state index contributed by atoms with van der Waals surface area (Å²) in [5, 5.41) is 0.247. The minimum Gasteiger partial charge on any atom is -0.484 e. The third-order valence-electron chi connectivity index (χ3n) is 1.55. The van der Waals surface area contributed by atoms with Gasteiger partial charge in [-0.15, -0.1) is 0 Å². The molecule has 0 aromatic heterocycles. The largest absolute Gasteiger partial charge is 0.484 e. The van der Waals surface area contributed by atoms with Gasteiger partial charge in [0.2, 0.25) is 0 Å². The van der Waals surface area contributed by atoms with Crippen LogP contribution >= 0.6 is 11.8 Å². The average molecular weight is 224 g/mol. The highest BCUT2D eigenvalue weighted by atomic mass is 32.2. The van der Waals surface area contributed by atoms with E-state index in [0.717, 1.165) is 0 Å². The van der Waals surface area contributed by atoms with Crippen LogP contribution in [-0.4, -0.2) is 23.9 Å². The van der Waals surface area contributed by atoms with Crippen LogP contribution < -0.4 is 10.5 Å². The van der Waals surface area contributed by atoms with Crippen LogP contribution in [0.4, 0.5) is 0 Å². The molecule has 1 rings (SSSR count). The number of carbonyl (C=O) groups is 1. The second-order valence-corrected chi connectivity index (χ2v) is 3.48. The van der Waals surface area contributed by atoms with Crippen LogP contribution in [0.3, 0.4) is 0 Å². The highest BCUT2D eigenvalue weighted by Crippen LogP contribution is 2.07. The Balaban J connectivity index is 2.41. The molecule has 0 bridgehead atoms. The van der Waals surface area contributed by atoms with Gasteiger partial charge in [0.1, 0.15) is 5.75 Å². The van der Waals surface area contributed by atoms with Crippen molar-refractivity contribution in [1.29, 1.82) is 0 Å². The summed E-state index contributed by atoms with van der Waals surface area (Å²) in [7, 11) is 0. The first-order valence-corrected chi connectivity index (χ1v) is 5.53. The molecule has 0 aliphatic heterocycles. The van der Waals surface area contributed by atoms with Gasteiger partial charge in [-0.05, 0) is 18.4 Å². The molecule has 1 aromatic carbocycles. The maximum Gasteiger partial charge on any atom is 0.285 e. The lowest BCUT2D eigenvalue weighted by molar-refractivity contribution is -0.119. The zero-order chi connectivity index (χ0) is 11.1. The topological polar surface area (TPSA) is 64.7 Å². The van der Waals surface area contributed by atoms with Crippen LogP contribution in [0.15, 0.2) is 35.3 Å². The van der Waals surface area contributed by atoms with Crippen molar-refractivity contribution in [3.8, 4) is 5.75 Å². The third-order valence-corrected chi connectivity index (χ3v) is 2.06. The molecule has 0 unspecified atom stereocenters. The number of carbonyl (C=O) groups excluding carboxylic acids is 1. The molecule has 0 saturated heterocycles. The zero-order valence-corrected chi connectivity index (χ0v) is 9.16. The van der Waals surface area contributed by atoms with E-state index in [9.17, 15) is 4.79 Å². The summed E-state index contributed by atoms with van der Waals surface area (Å²) in [5.74, 6) is 0.259. The Morgan fingerprint density at radius 3 is 2.73 bits per heavy atom. The van der Waals surface area contributed by atoms with E-state index in [1.807, 2.05) is 18.2 Å². The van der Waals surface area contributed by atoms with Crippen LogP contribution in [0.5, 0.6) is 5.75 Å². The van der Waals surface area contributed by atoms with Gasteiger partial charge in [0.15, 0.2) is 11.8 Å². The number of aliphatic imine (C=N–C) groups is 1. The van der Waals surface area contributed by atoms with Crippen molar-refractivity contribution in [2.45, 2.75) is 0 Å². The summed E-state index contributed by atoms with van der Waals surface area (Å²) in [4.78, 5) is 14.8. The highest BCUT2D eigenvalue weighted by Gasteiger charge is 2.01. The van der Waals surface area contributed by atoms with E-state index in [0.29, 0.717) is 5.75 Å². The predicted octanol–water partition coefficient (Wildman–Crippen LogP) is 1.27. The van der Waals surface area contributed by atoms with Crippen molar-refractivity contribution < 1.29 is 9.53 Å². The van der Waals surface area contributed by atoms with Gasteiger partial charge in [0, 0.05) is 0 Å². The lowest BCUT2D eigenvalue weighted by Gasteiger charge is -2.02. The quantitative estimate of drug-likeness (QED) is 0.620. The van der Waals surface area contributed by atoms with Crippen molar-refractivity contribution in [2.24, 2.45) is 10.7 Å². The number of para-hydroxylation sites is 1. The number of nitrogens with zero attached hydrogens (tertiary/aromatic N) is 1. The number of amidine groups is 1. The molecule has 2 N–H and O–H groups in total. The normalized spacial score (nSPS) is 11.1. The molecular weight excluding hydrogens is 212 g/mol. The smallest absolute Gasteiger partial charge is 0.285 e. The lowest BCUT2D eigenvalue weighted by atomic mass is 10.3. The Bertz CT molecular complexity index is 352. The van der Waals surface area contributed by atoms with Crippen molar-refractivity contribution in [3.05, 3.63) is 30.3 Å². The molecule has 5 heteroatoms. The van der Waals surface area contributed by atoms with E-state index in [-0.39, 0.29) is 17.7 Å². The number of hydrogen-bond acceptors (Lipinski definition) is 3. The van der Waals surface area contributed by atoms with Crippen LogP contribution in [0, 0.1) is 0 Å². The maximum atomic E-state index is 11.2. The van der Waals surface area contributed by atoms with E-state index in [1.165, 1.54) is 11.8 Å². The SMILES string of the molecule is CSC(N)=NC(=O)COc1ccccc1. The van der Waals surface area contributed by atoms with E-state index in [2.05, 4.69) is 4.99 Å². The number of ether oxygens (including phenoxy) is 1. The van der Waals surface area contributed by atoms with Crippen LogP contribution in [-0.2, 0) is 4.79 Å². The molecule has 0 saturated carbocycles. The van der Waals surface area contributed by atoms with Gasteiger partial charge in [-0.25, -0.2) is 0 Å². The first-order valence-electron chi connectivity index (χ1n) is 4.31. The van der Waals surface area contributed by atoms with Gasteiger partial charge in [0.25, 0.3) is 5.91 Å². The second kappa shape index (κ2) is 6.08. The Labute approximate surface area is 92.5 Å². The molecule has 80 valence electrons. The molecule has 0 aliphatic rings. The van der Waals surface area contributed by atoms with Gasteiger partial charge in [-0.3, -0.25) is 4.79 Å². The summed E-state index contributed by atoms with van der Waals surface area (Å²) >= 11 is 1.23. The summed E-state index contributed by atoms with van der Waals surface area (Å²) in [6, 6.07) is 9.08. The fraction of sp³-hybridized carbons (Fsp3) is 0.200. The van der Waals surface area contributed by atoms with Gasteiger partial charge in [0.05, 0.1) is 0 Å². The Hall–Kier alpha value is -1.49. The van der Waals surface area contributed by atoms with Crippen LogP contribution in [0.25, 0.3) is 0 Å². The summed E-state index contributed by atoms with van der Waals surface area (Å²) in [5.41, 5.74) is 5.38. The molecule has 4 nitrogen and oxygen atoms in total. The summed E-state index contributed by atoms with van der Waals surface area (Å²) in [6.07, 6.45) is 1.75. The van der Waals surface area contributed by atoms with Crippen molar-refractivity contribution >= 4 is 22.8 Å². The number of benzene rings is 1. The summed E-state index contributed by atoms with van der Waals surface area (Å²) in [6.45, 7) is -0.0920. The maximum absolute atomic E-state index is 11.2. The van der Waals surface area contributed by atoms with Gasteiger partial charge in [-0.2, -0.15) is 4.99 Å². The molecule has 0 fully saturated rings. The third kappa shape index (κ3) is 4.51. The standard InChI is InChI=1S/C10H12N2O2S/c1-15-10(11)12-9(13)7-14-8-5-3-2-4-6-8/h2-6H,7H2,1H3,(H2,11,12,13). The summed E-state index contributed by atoms with van der Waals surface area (Å²) < 4.78 is 5.19. The highest BCUT2D eigenvalue weighted by molar-refractivity contribution is 8.13. The number of nitrogens with two attached hydrogens (primary N) is 1. The molecule has 0 radical (unpaired) electrons. The van der Waals surface area contributed by atoms with Crippen molar-refractivity contribution in [3.63, 3.8) is 0 Å². The number of amides is 1. The van der Waals surface area contributed by atoms with Gasteiger partial charge < -0.3 is 10.5 Å². The molecule has 0 spiro atoms. The van der Waals surface area contributed by atoms with E-state index < -0.39 is 0 Å². The first-order chi connectivity index (χ1) is 7.22. The van der Waals surface area contributed by atoms with Gasteiger partial charge >= 0.3 is 0 Å². The monoisotopic (exact) mass is 224 g/mol. The van der Waals surface area contributed by atoms with E-state index in [1.54, 1.807) is 18.4 Å². The molecule has 1 amide bonds. The van der Waals surface area contributed by atoms with Gasteiger partial charge in [-0.1, -0.05) is 30.0 Å². The molecule has 0 aliphatic carbocycles. The number of thioether (sulfide) groups is 1. The van der Waals surface area contributed by atoms with Crippen molar-refractivity contribution in [2.75, 3.05) is 12.9 Å². The molecule has 1 aromatic rings. The fourth-order valence-corrected chi connectivity index (χ4v) is 1.06. The zero-order valence-electron chi connectivity index (χ0n) is 8.34. The molecule has 0 heterocycles. The van der Waals surface area contributed by atoms with E-state index >= 15 is 0 Å². The average Bonchev–Trinajstić information content (AvgIpc) is 2.27. The minimum atomic E-state index is -0.384. The minimum absolute atomic E-state index is 0.0920. The van der Waals surface area contributed by atoms with Crippen LogP contribution in [0.1, 0.15) is 0 Å². The molecule has 15 heavy (non-hydrogen) atoms. The predicted molar refractivity (Wildman–Crippen MR) is 62.1 cm³/mol. The Morgan fingerprint density at radius 1 is 1.47 bits per heavy atom. The lowest BCUT2D eigenvalue weighted by Crippen LogP contribution is -2.14. The number of rotatable bonds is 3. The van der Waals surface area contributed by atoms with E-state index in [4.69, 9.17) is 10.5 Å². The second-order valence-electron chi connectivity index (χ2n) is 2.65. The molecule has 0 atom stereocenters. The fourth-order valence-electron chi connectivity index (χ4n) is 0.863. The Kier molecular flexibility index (Phi) is 4.70. The number of hydrogen-bond donors (Lipinski definition) is 1. The molecular formula is C10H12N2O2S.